The predicted octanol–water partition coefficient (Wildman–Crippen LogP) is 2.60. The van der Waals surface area contributed by atoms with Crippen molar-refractivity contribution < 1.29 is 29.0 Å². The largest absolute Gasteiger partial charge is 0.508 e. The van der Waals surface area contributed by atoms with E-state index in [4.69, 9.17) is 16.2 Å². The second-order valence-corrected chi connectivity index (χ2v) is 10.9. The molecule has 1 heterocycles. The number of hydrogen-bond donors (Lipinski definition) is 5. The molecule has 1 aliphatic rings. The first-order chi connectivity index (χ1) is 21.1. The molecule has 0 saturated carbocycles. The Hall–Kier alpha value is -4.90. The fraction of sp³-hybridized carbons (Fsp3) is 0.333. The van der Waals surface area contributed by atoms with Gasteiger partial charge in [-0.15, -0.1) is 0 Å². The Bertz CT molecular complexity index is 1470. The number of rotatable bonds is 13. The van der Waals surface area contributed by atoms with Crippen LogP contribution in [0, 0.1) is 6.92 Å². The standard InChI is InChI=1S/C33H39N5O6/c1-21-16-24(39)18-29-25(21)19-26(34)32(42)38(29)28(31(41)37-27(30(35)40)17-22-10-4-2-5-11-22)14-8-9-15-36-33(43)44-20-23-12-6-3-7-13-23/h2-7,10-13,16,18,26-28,39H,8-9,14-15,17,19-20,34H2,1H3,(H2,35,40)(H,36,43)(H,37,41)/t26?,27-,28-/m0/s1. The zero-order chi connectivity index (χ0) is 31.6. The van der Waals surface area contributed by atoms with Gasteiger partial charge in [-0.05, 0) is 60.9 Å². The number of aromatic hydroxyl groups is 1. The molecule has 1 unspecified atom stereocenters. The normalized spacial score (nSPS) is 15.5. The number of fused-ring (bicyclic) bond motifs is 1. The third-order valence-corrected chi connectivity index (χ3v) is 7.62. The van der Waals surface area contributed by atoms with Crippen LogP contribution in [0.3, 0.4) is 0 Å². The third kappa shape index (κ3) is 8.35. The molecule has 0 radical (unpaired) electrons. The lowest BCUT2D eigenvalue weighted by Gasteiger charge is -2.38. The zero-order valence-electron chi connectivity index (χ0n) is 24.7. The van der Waals surface area contributed by atoms with Crippen molar-refractivity contribution in [2.24, 2.45) is 11.5 Å². The van der Waals surface area contributed by atoms with Crippen molar-refractivity contribution in [2.75, 3.05) is 11.4 Å². The van der Waals surface area contributed by atoms with Gasteiger partial charge in [-0.3, -0.25) is 19.3 Å². The lowest BCUT2D eigenvalue weighted by atomic mass is 9.91. The van der Waals surface area contributed by atoms with Crippen molar-refractivity contribution in [3.8, 4) is 5.75 Å². The molecule has 4 amide bonds. The van der Waals surface area contributed by atoms with E-state index in [1.807, 2.05) is 60.7 Å². The number of nitrogens with one attached hydrogen (secondary N) is 2. The number of nitrogens with two attached hydrogens (primary N) is 2. The van der Waals surface area contributed by atoms with Gasteiger partial charge in [0.05, 0.1) is 11.7 Å². The number of carbonyl (C=O) groups excluding carboxylic acids is 4. The summed E-state index contributed by atoms with van der Waals surface area (Å²) in [6, 6.07) is 18.5. The number of aryl methyl sites for hydroxylation is 1. The number of primary amides is 1. The van der Waals surface area contributed by atoms with Gasteiger partial charge in [0, 0.05) is 19.0 Å². The number of nitrogens with zero attached hydrogens (tertiary/aromatic N) is 1. The second kappa shape index (κ2) is 15.0. The Balaban J connectivity index is 1.48. The quantitative estimate of drug-likeness (QED) is 0.187. The van der Waals surface area contributed by atoms with E-state index in [0.29, 0.717) is 18.5 Å². The average molecular weight is 602 g/mol. The van der Waals surface area contributed by atoms with Crippen molar-refractivity contribution in [3.05, 3.63) is 95.1 Å². The van der Waals surface area contributed by atoms with Crippen molar-refractivity contribution >= 4 is 29.5 Å². The molecule has 7 N–H and O–H groups in total. The van der Waals surface area contributed by atoms with Gasteiger partial charge in [0.2, 0.25) is 17.7 Å². The maximum Gasteiger partial charge on any atom is 0.407 e. The summed E-state index contributed by atoms with van der Waals surface area (Å²) in [5.74, 6) is -1.81. The first-order valence-electron chi connectivity index (χ1n) is 14.6. The molecule has 0 saturated heterocycles. The number of alkyl carbamates (subject to hydrolysis) is 1. The van der Waals surface area contributed by atoms with E-state index >= 15 is 0 Å². The van der Waals surface area contributed by atoms with Crippen molar-refractivity contribution in [3.63, 3.8) is 0 Å². The van der Waals surface area contributed by atoms with E-state index in [-0.39, 0.29) is 38.2 Å². The SMILES string of the molecule is Cc1cc(O)cc2c1CC(N)C(=O)N2[C@@H](CCCCNC(=O)OCc1ccccc1)C(=O)N[C@@H](Cc1ccccc1)C(N)=O. The van der Waals surface area contributed by atoms with Crippen molar-refractivity contribution in [2.45, 2.75) is 63.8 Å². The van der Waals surface area contributed by atoms with Gasteiger partial charge in [-0.2, -0.15) is 0 Å². The number of carbonyl (C=O) groups is 4. The monoisotopic (exact) mass is 601 g/mol. The molecule has 11 heteroatoms. The van der Waals surface area contributed by atoms with Crippen LogP contribution in [0.1, 0.15) is 41.5 Å². The topological polar surface area (TPSA) is 177 Å². The third-order valence-electron chi connectivity index (χ3n) is 7.62. The molecule has 0 aliphatic carbocycles. The number of benzene rings is 3. The Morgan fingerprint density at radius 2 is 1.68 bits per heavy atom. The van der Waals surface area contributed by atoms with E-state index < -0.39 is 41.9 Å². The maximum atomic E-state index is 13.9. The maximum absolute atomic E-state index is 13.9. The molecule has 0 bridgehead atoms. The minimum Gasteiger partial charge on any atom is -0.508 e. The summed E-state index contributed by atoms with van der Waals surface area (Å²) < 4.78 is 5.24. The molecule has 0 fully saturated rings. The van der Waals surface area contributed by atoms with E-state index in [0.717, 1.165) is 22.3 Å². The van der Waals surface area contributed by atoms with Gasteiger partial charge in [0.1, 0.15) is 24.4 Å². The minimum atomic E-state index is -1.06. The number of phenols is 1. The predicted molar refractivity (Wildman–Crippen MR) is 166 cm³/mol. The van der Waals surface area contributed by atoms with Crippen molar-refractivity contribution in [1.82, 2.24) is 10.6 Å². The van der Waals surface area contributed by atoms with Crippen LogP contribution in [0.4, 0.5) is 10.5 Å². The van der Waals surface area contributed by atoms with E-state index in [1.165, 1.54) is 11.0 Å². The molecule has 4 rings (SSSR count). The van der Waals surface area contributed by atoms with E-state index in [9.17, 15) is 24.3 Å². The molecule has 232 valence electrons. The summed E-state index contributed by atoms with van der Waals surface area (Å²) in [7, 11) is 0. The molecule has 0 spiro atoms. The molecule has 1 aliphatic heterocycles. The highest BCUT2D eigenvalue weighted by atomic mass is 16.5. The van der Waals surface area contributed by atoms with E-state index in [1.54, 1.807) is 13.0 Å². The Kier molecular flexibility index (Phi) is 10.9. The van der Waals surface area contributed by atoms with Crippen LogP contribution in [-0.4, -0.2) is 53.6 Å². The summed E-state index contributed by atoms with van der Waals surface area (Å²) in [5, 5.41) is 15.8. The van der Waals surface area contributed by atoms with Gasteiger partial charge >= 0.3 is 6.09 Å². The summed E-state index contributed by atoms with van der Waals surface area (Å²) in [6.07, 6.45) is 0.976. The van der Waals surface area contributed by atoms with Crippen LogP contribution in [0.2, 0.25) is 0 Å². The highest BCUT2D eigenvalue weighted by Crippen LogP contribution is 2.36. The molecule has 3 aromatic carbocycles. The molecule has 0 aromatic heterocycles. The van der Waals surface area contributed by atoms with Gasteiger partial charge in [0.25, 0.3) is 0 Å². The smallest absolute Gasteiger partial charge is 0.407 e. The number of anilines is 1. The molecular weight excluding hydrogens is 562 g/mol. The number of hydrogen-bond acceptors (Lipinski definition) is 7. The van der Waals surface area contributed by atoms with E-state index in [2.05, 4.69) is 10.6 Å². The Labute approximate surface area is 256 Å². The molecular formula is C33H39N5O6. The number of ether oxygens (including phenoxy) is 1. The lowest BCUT2D eigenvalue weighted by Crippen LogP contribution is -2.59. The summed E-state index contributed by atoms with van der Waals surface area (Å²) in [5.41, 5.74) is 15.5. The number of amides is 4. The highest BCUT2D eigenvalue weighted by Gasteiger charge is 2.39. The molecule has 3 atom stereocenters. The van der Waals surface area contributed by atoms with Crippen LogP contribution in [0.15, 0.2) is 72.8 Å². The van der Waals surface area contributed by atoms with Gasteiger partial charge in [-0.1, -0.05) is 60.7 Å². The van der Waals surface area contributed by atoms with Gasteiger partial charge < -0.3 is 31.9 Å². The van der Waals surface area contributed by atoms with Crippen LogP contribution in [0.25, 0.3) is 0 Å². The zero-order valence-corrected chi connectivity index (χ0v) is 24.7. The van der Waals surface area contributed by atoms with Crippen molar-refractivity contribution in [1.29, 1.82) is 0 Å². The number of phenolic OH excluding ortho intramolecular Hbond substituents is 1. The second-order valence-electron chi connectivity index (χ2n) is 10.9. The molecule has 44 heavy (non-hydrogen) atoms. The summed E-state index contributed by atoms with van der Waals surface area (Å²) in [4.78, 5) is 53.2. The minimum absolute atomic E-state index is 0.0500. The molecule has 11 nitrogen and oxygen atoms in total. The van der Waals surface area contributed by atoms with Gasteiger partial charge in [0.15, 0.2) is 0 Å². The summed E-state index contributed by atoms with van der Waals surface area (Å²) in [6.45, 7) is 2.23. The lowest BCUT2D eigenvalue weighted by molar-refractivity contribution is -0.130. The van der Waals surface area contributed by atoms with Crippen LogP contribution < -0.4 is 27.0 Å². The first kappa shape index (κ1) is 32.0. The fourth-order valence-electron chi connectivity index (χ4n) is 5.33. The van der Waals surface area contributed by atoms with Crippen LogP contribution in [-0.2, 0) is 38.6 Å². The molecule has 3 aromatic rings. The van der Waals surface area contributed by atoms with Gasteiger partial charge in [-0.25, -0.2) is 4.79 Å². The Morgan fingerprint density at radius 1 is 1.02 bits per heavy atom. The Morgan fingerprint density at radius 3 is 2.34 bits per heavy atom. The highest BCUT2D eigenvalue weighted by molar-refractivity contribution is 6.06. The number of unbranched alkanes of at least 4 members (excludes halogenated alkanes) is 1. The first-order valence-corrected chi connectivity index (χ1v) is 14.6. The average Bonchev–Trinajstić information content (AvgIpc) is 3.00. The summed E-state index contributed by atoms with van der Waals surface area (Å²) >= 11 is 0. The fourth-order valence-corrected chi connectivity index (χ4v) is 5.33. The van der Waals surface area contributed by atoms with Crippen LogP contribution in [0.5, 0.6) is 5.75 Å². The van der Waals surface area contributed by atoms with Crippen LogP contribution >= 0.6 is 0 Å².